The van der Waals surface area contributed by atoms with Crippen LogP contribution in [0.3, 0.4) is 0 Å². The van der Waals surface area contributed by atoms with E-state index in [1.807, 2.05) is 18.2 Å². The zero-order valence-electron chi connectivity index (χ0n) is 11.5. The van der Waals surface area contributed by atoms with Gasteiger partial charge in [0.25, 0.3) is 5.89 Å². The van der Waals surface area contributed by atoms with Crippen LogP contribution in [-0.4, -0.2) is 52.7 Å². The number of piperazine rings is 3. The lowest BCUT2D eigenvalue weighted by Crippen LogP contribution is -2.57. The van der Waals surface area contributed by atoms with Gasteiger partial charge in [-0.15, -0.1) is 0 Å². The summed E-state index contributed by atoms with van der Waals surface area (Å²) in [6.45, 7) is 5.42. The summed E-state index contributed by atoms with van der Waals surface area (Å²) in [5, 5.41) is 4.19. The SMILES string of the molecule is Nc1ccc(Br)c(-c2nc(C3CN4CCN3CC4)no2)c1. The van der Waals surface area contributed by atoms with Gasteiger partial charge in [0.2, 0.25) is 0 Å². The minimum atomic E-state index is 0.241. The van der Waals surface area contributed by atoms with E-state index in [2.05, 4.69) is 35.9 Å². The lowest BCUT2D eigenvalue weighted by Gasteiger charge is -2.46. The summed E-state index contributed by atoms with van der Waals surface area (Å²) in [7, 11) is 0. The van der Waals surface area contributed by atoms with Crippen molar-refractivity contribution in [1.29, 1.82) is 0 Å². The molecule has 1 atom stereocenters. The van der Waals surface area contributed by atoms with Crippen LogP contribution in [0.4, 0.5) is 5.69 Å². The summed E-state index contributed by atoms with van der Waals surface area (Å²) >= 11 is 3.50. The Balaban J connectivity index is 1.65. The van der Waals surface area contributed by atoms with Gasteiger partial charge >= 0.3 is 0 Å². The highest BCUT2D eigenvalue weighted by Gasteiger charge is 2.35. The fourth-order valence-corrected chi connectivity index (χ4v) is 3.47. The van der Waals surface area contributed by atoms with Gasteiger partial charge in [0, 0.05) is 42.9 Å². The van der Waals surface area contributed by atoms with Crippen molar-refractivity contribution in [1.82, 2.24) is 19.9 Å². The molecule has 4 heterocycles. The average Bonchev–Trinajstić information content (AvgIpc) is 3.00. The van der Waals surface area contributed by atoms with Crippen LogP contribution in [-0.2, 0) is 0 Å². The Morgan fingerprint density at radius 3 is 2.76 bits per heavy atom. The molecule has 3 aliphatic rings. The molecule has 1 aromatic heterocycles. The normalized spacial score (nSPS) is 28.0. The number of benzene rings is 1. The minimum absolute atomic E-state index is 0.241. The third kappa shape index (κ3) is 2.35. The topological polar surface area (TPSA) is 71.4 Å². The Morgan fingerprint density at radius 1 is 1.24 bits per heavy atom. The molecule has 6 nitrogen and oxygen atoms in total. The van der Waals surface area contributed by atoms with Crippen LogP contribution in [0.15, 0.2) is 27.2 Å². The van der Waals surface area contributed by atoms with E-state index in [9.17, 15) is 0 Å². The summed E-state index contributed by atoms with van der Waals surface area (Å²) in [5.41, 5.74) is 7.36. The van der Waals surface area contributed by atoms with Gasteiger partial charge in [-0.2, -0.15) is 4.98 Å². The summed E-state index contributed by atoms with van der Waals surface area (Å²) in [6.07, 6.45) is 0. The standard InChI is InChI=1S/C14H16BrN5O/c15-11-2-1-9(16)7-10(11)14-17-13(18-21-14)12-8-19-3-5-20(12)6-4-19/h1-2,7,12H,3-6,8,16H2. The predicted molar refractivity (Wildman–Crippen MR) is 82.6 cm³/mol. The molecule has 2 N–H and O–H groups in total. The fraction of sp³-hybridized carbons (Fsp3) is 0.429. The van der Waals surface area contributed by atoms with Crippen molar-refractivity contribution in [3.05, 3.63) is 28.5 Å². The van der Waals surface area contributed by atoms with Gasteiger partial charge in [-0.25, -0.2) is 0 Å². The van der Waals surface area contributed by atoms with E-state index in [4.69, 9.17) is 10.3 Å². The number of nitrogen functional groups attached to an aromatic ring is 1. The van der Waals surface area contributed by atoms with Crippen molar-refractivity contribution in [2.75, 3.05) is 38.5 Å². The van der Waals surface area contributed by atoms with Crippen molar-refractivity contribution in [2.45, 2.75) is 6.04 Å². The molecule has 0 saturated carbocycles. The number of hydrogen-bond acceptors (Lipinski definition) is 6. The van der Waals surface area contributed by atoms with E-state index >= 15 is 0 Å². The first-order chi connectivity index (χ1) is 10.2. The largest absolute Gasteiger partial charge is 0.399 e. The molecule has 3 aliphatic heterocycles. The van der Waals surface area contributed by atoms with Crippen molar-refractivity contribution in [3.63, 3.8) is 0 Å². The summed E-state index contributed by atoms with van der Waals surface area (Å²) < 4.78 is 6.36. The van der Waals surface area contributed by atoms with Gasteiger partial charge in [0.05, 0.1) is 11.6 Å². The van der Waals surface area contributed by atoms with Crippen LogP contribution in [0.25, 0.3) is 11.5 Å². The van der Waals surface area contributed by atoms with Crippen molar-refractivity contribution < 1.29 is 4.52 Å². The molecule has 3 saturated heterocycles. The van der Waals surface area contributed by atoms with Crippen LogP contribution in [0.1, 0.15) is 11.9 Å². The number of fused-ring (bicyclic) bond motifs is 3. The third-order valence-electron chi connectivity index (χ3n) is 4.24. The number of hydrogen-bond donors (Lipinski definition) is 1. The predicted octanol–water partition coefficient (Wildman–Crippen LogP) is 1.75. The van der Waals surface area contributed by atoms with Crippen molar-refractivity contribution in [3.8, 4) is 11.5 Å². The first-order valence-corrected chi connectivity index (χ1v) is 7.85. The zero-order chi connectivity index (χ0) is 14.4. The number of anilines is 1. The van der Waals surface area contributed by atoms with Gasteiger partial charge in [0.15, 0.2) is 5.82 Å². The van der Waals surface area contributed by atoms with Crippen LogP contribution < -0.4 is 5.73 Å². The molecule has 0 radical (unpaired) electrons. The Kier molecular flexibility index (Phi) is 3.20. The first kappa shape index (κ1) is 13.2. The van der Waals surface area contributed by atoms with Crippen LogP contribution in [0.5, 0.6) is 0 Å². The second-order valence-corrected chi connectivity index (χ2v) is 6.40. The molecule has 7 heteroatoms. The molecule has 1 aromatic carbocycles. The summed E-state index contributed by atoms with van der Waals surface area (Å²) in [4.78, 5) is 9.48. The quantitative estimate of drug-likeness (QED) is 0.833. The zero-order valence-corrected chi connectivity index (χ0v) is 13.1. The van der Waals surface area contributed by atoms with E-state index in [1.54, 1.807) is 0 Å². The second-order valence-electron chi connectivity index (χ2n) is 5.55. The smallest absolute Gasteiger partial charge is 0.259 e. The summed E-state index contributed by atoms with van der Waals surface area (Å²) in [6, 6.07) is 5.82. The highest BCUT2D eigenvalue weighted by molar-refractivity contribution is 9.10. The Labute approximate surface area is 131 Å². The second kappa shape index (κ2) is 5.08. The molecule has 1 unspecified atom stereocenters. The molecular weight excluding hydrogens is 334 g/mol. The molecule has 21 heavy (non-hydrogen) atoms. The highest BCUT2D eigenvalue weighted by atomic mass is 79.9. The molecule has 5 rings (SSSR count). The van der Waals surface area contributed by atoms with Crippen molar-refractivity contribution >= 4 is 21.6 Å². The van der Waals surface area contributed by atoms with E-state index in [1.165, 1.54) is 0 Å². The van der Waals surface area contributed by atoms with Crippen LogP contribution in [0.2, 0.25) is 0 Å². The Morgan fingerprint density at radius 2 is 2.05 bits per heavy atom. The van der Waals surface area contributed by atoms with Crippen LogP contribution >= 0.6 is 15.9 Å². The monoisotopic (exact) mass is 349 g/mol. The maximum atomic E-state index is 5.84. The number of rotatable bonds is 2. The number of nitrogens with zero attached hydrogens (tertiary/aromatic N) is 4. The lowest BCUT2D eigenvalue weighted by atomic mass is 10.1. The van der Waals surface area contributed by atoms with Gasteiger partial charge in [-0.1, -0.05) is 5.16 Å². The number of aromatic nitrogens is 2. The average molecular weight is 350 g/mol. The molecule has 3 fully saturated rings. The van der Waals surface area contributed by atoms with Crippen molar-refractivity contribution in [2.24, 2.45) is 0 Å². The van der Waals surface area contributed by atoms with Crippen LogP contribution in [0, 0.1) is 0 Å². The molecule has 0 amide bonds. The van der Waals surface area contributed by atoms with E-state index in [0.29, 0.717) is 11.6 Å². The van der Waals surface area contributed by atoms with Gasteiger partial charge in [-0.05, 0) is 34.1 Å². The van der Waals surface area contributed by atoms with E-state index < -0.39 is 0 Å². The Bertz CT molecular complexity index is 665. The first-order valence-electron chi connectivity index (χ1n) is 7.06. The maximum absolute atomic E-state index is 5.84. The van der Waals surface area contributed by atoms with E-state index in [0.717, 1.165) is 48.6 Å². The third-order valence-corrected chi connectivity index (χ3v) is 4.93. The summed E-state index contributed by atoms with van der Waals surface area (Å²) in [5.74, 6) is 1.28. The van der Waals surface area contributed by atoms with Gasteiger partial charge < -0.3 is 10.3 Å². The minimum Gasteiger partial charge on any atom is -0.399 e. The van der Waals surface area contributed by atoms with Gasteiger partial charge in [0.1, 0.15) is 0 Å². The molecule has 0 spiro atoms. The molecule has 0 aliphatic carbocycles. The van der Waals surface area contributed by atoms with Gasteiger partial charge in [-0.3, -0.25) is 9.80 Å². The maximum Gasteiger partial charge on any atom is 0.259 e. The molecule has 2 aromatic rings. The Hall–Kier alpha value is -1.44. The van der Waals surface area contributed by atoms with E-state index in [-0.39, 0.29) is 6.04 Å². The fourth-order valence-electron chi connectivity index (χ4n) is 3.05. The number of halogens is 1. The lowest BCUT2D eigenvalue weighted by molar-refractivity contribution is 0.00781. The molecule has 2 bridgehead atoms. The highest BCUT2D eigenvalue weighted by Crippen LogP contribution is 2.32. The number of nitrogens with two attached hydrogens (primary N) is 1. The molecule has 110 valence electrons. The molecular formula is C14H16BrN5O.